The van der Waals surface area contributed by atoms with Crippen LogP contribution in [0.1, 0.15) is 32.6 Å². The van der Waals surface area contributed by atoms with Gasteiger partial charge in [-0.2, -0.15) is 0 Å². The second kappa shape index (κ2) is 6.65. The van der Waals surface area contributed by atoms with Crippen LogP contribution in [-0.2, 0) is 4.57 Å². The molecule has 0 aliphatic rings. The highest BCUT2D eigenvalue weighted by Gasteiger charge is 2.12. The molecule has 0 rings (SSSR count). The minimum absolute atomic E-state index is 0.810. The molecule has 0 saturated heterocycles. The molecular weight excluding hydrogens is 222 g/mol. The van der Waals surface area contributed by atoms with Gasteiger partial charge in [0.1, 0.15) is 0 Å². The van der Waals surface area contributed by atoms with Crippen LogP contribution in [0, 0.1) is 0 Å². The van der Waals surface area contributed by atoms with E-state index in [1.54, 1.807) is 0 Å². The lowest BCUT2D eigenvalue weighted by Gasteiger charge is -2.00. The van der Waals surface area contributed by atoms with Gasteiger partial charge in [-0.1, -0.05) is 37.6 Å². The smallest absolute Gasteiger partial charge is 0.277 e. The Labute approximate surface area is 81.9 Å². The van der Waals surface area contributed by atoms with Crippen LogP contribution in [0.3, 0.4) is 0 Å². The van der Waals surface area contributed by atoms with Gasteiger partial charge in [-0.05, 0) is 28.9 Å². The Morgan fingerprint density at radius 3 is 2.36 bits per heavy atom. The van der Waals surface area contributed by atoms with Gasteiger partial charge < -0.3 is 0 Å². The molecule has 0 N–H and O–H groups in total. The Hall–Kier alpha value is 1.16. The molecule has 0 aromatic carbocycles. The van der Waals surface area contributed by atoms with Gasteiger partial charge in [-0.25, -0.2) is 0 Å². The van der Waals surface area contributed by atoms with E-state index in [1.807, 2.05) is 0 Å². The average molecular weight is 235 g/mol. The first-order chi connectivity index (χ1) is 5.06. The molecule has 0 saturated carbocycles. The maximum Gasteiger partial charge on any atom is 0.307 e. The van der Waals surface area contributed by atoms with Crippen molar-refractivity contribution in [3.63, 3.8) is 0 Å². The van der Waals surface area contributed by atoms with Gasteiger partial charge in [-0.15, -0.1) is 0 Å². The first-order valence-corrected chi connectivity index (χ1v) is 8.81. The molecule has 0 heterocycles. The van der Waals surface area contributed by atoms with E-state index in [4.69, 9.17) is 22.5 Å². The van der Waals surface area contributed by atoms with Gasteiger partial charge >= 0.3 is 5.05 Å². The minimum Gasteiger partial charge on any atom is -0.277 e. The van der Waals surface area contributed by atoms with Gasteiger partial charge in [0.2, 0.25) is 0 Å². The van der Waals surface area contributed by atoms with Crippen LogP contribution in [0.4, 0.5) is 0 Å². The minimum atomic E-state index is -2.85. The maximum atomic E-state index is 10.7. The summed E-state index contributed by atoms with van der Waals surface area (Å²) in [6.45, 7) is 2.15. The summed E-state index contributed by atoms with van der Waals surface area (Å²) >= 11 is 11.8. The monoisotopic (exact) mass is 234 g/mol. The van der Waals surface area contributed by atoms with Crippen molar-refractivity contribution in [1.82, 2.24) is 0 Å². The third-order valence-electron chi connectivity index (χ3n) is 1.24. The number of hydrogen-bond donors (Lipinski definition) is 0. The van der Waals surface area contributed by atoms with Crippen molar-refractivity contribution in [3.05, 3.63) is 0 Å². The maximum absolute atomic E-state index is 10.7. The summed E-state index contributed by atoms with van der Waals surface area (Å²) in [7, 11) is 0. The molecule has 0 amide bonds. The predicted octanol–water partition coefficient (Wildman–Crippen LogP) is 4.89. The van der Waals surface area contributed by atoms with E-state index < -0.39 is 5.05 Å². The van der Waals surface area contributed by atoms with E-state index in [2.05, 4.69) is 6.92 Å². The molecule has 0 aliphatic heterocycles. The summed E-state index contributed by atoms with van der Waals surface area (Å²) < 4.78 is 10.7. The lowest BCUT2D eigenvalue weighted by molar-refractivity contribution is 0.600. The Balaban J connectivity index is 3.09. The summed E-state index contributed by atoms with van der Waals surface area (Å²) in [5.41, 5.74) is 0. The fourth-order valence-corrected chi connectivity index (χ4v) is 3.51. The first kappa shape index (κ1) is 12.2. The van der Waals surface area contributed by atoms with E-state index in [0.717, 1.165) is 12.2 Å². The lowest BCUT2D eigenvalue weighted by atomic mass is 10.2. The Morgan fingerprint density at radius 2 is 1.91 bits per heavy atom. The summed E-state index contributed by atoms with van der Waals surface area (Å²) in [6, 6.07) is 0. The van der Waals surface area contributed by atoms with Gasteiger partial charge in [-0.3, -0.25) is 4.57 Å². The van der Waals surface area contributed by atoms with E-state index in [1.165, 1.54) is 30.6 Å². The number of unbranched alkanes of at least 4 members (excludes halogenated alkanes) is 3. The van der Waals surface area contributed by atoms with Crippen LogP contribution < -0.4 is 0 Å². The molecule has 0 aliphatic carbocycles. The number of halogens is 2. The number of hydrogen-bond acceptors (Lipinski definition) is 2. The molecule has 68 valence electrons. The van der Waals surface area contributed by atoms with E-state index in [0.29, 0.717) is 0 Å². The lowest BCUT2D eigenvalue weighted by Crippen LogP contribution is -1.77. The standard InChI is InChI=1S/C6H13Cl2OPS/c1-2-3-4-5-6-11-10(7,8)9/h2-6H2,1H3. The predicted molar refractivity (Wildman–Crippen MR) is 55.9 cm³/mol. The fourth-order valence-electron chi connectivity index (χ4n) is 0.700. The van der Waals surface area contributed by atoms with E-state index in [-0.39, 0.29) is 0 Å². The summed E-state index contributed by atoms with van der Waals surface area (Å²) in [4.78, 5) is 0. The van der Waals surface area contributed by atoms with Gasteiger partial charge in [0, 0.05) is 5.75 Å². The second-order valence-electron chi connectivity index (χ2n) is 2.31. The van der Waals surface area contributed by atoms with Crippen molar-refractivity contribution in [2.24, 2.45) is 0 Å². The summed E-state index contributed by atoms with van der Waals surface area (Å²) in [6.07, 6.45) is 4.68. The van der Waals surface area contributed by atoms with Crippen molar-refractivity contribution in [2.45, 2.75) is 32.6 Å². The molecule has 11 heavy (non-hydrogen) atoms. The van der Waals surface area contributed by atoms with Crippen LogP contribution in [0.25, 0.3) is 0 Å². The third kappa shape index (κ3) is 11.2. The second-order valence-corrected chi connectivity index (χ2v) is 10.7. The van der Waals surface area contributed by atoms with Crippen LogP contribution in [0.2, 0.25) is 0 Å². The highest BCUT2D eigenvalue weighted by atomic mass is 35.9. The molecule has 0 spiro atoms. The molecule has 5 heteroatoms. The topological polar surface area (TPSA) is 17.1 Å². The molecule has 0 aromatic rings. The number of rotatable bonds is 6. The molecule has 0 bridgehead atoms. The van der Waals surface area contributed by atoms with Crippen LogP contribution >= 0.6 is 38.9 Å². The van der Waals surface area contributed by atoms with Crippen LogP contribution in [0.5, 0.6) is 0 Å². The molecule has 0 atom stereocenters. The Morgan fingerprint density at radius 1 is 1.27 bits per heavy atom. The zero-order valence-corrected chi connectivity index (χ0v) is 9.78. The average Bonchev–Trinajstić information content (AvgIpc) is 1.85. The van der Waals surface area contributed by atoms with Gasteiger partial charge in [0.05, 0.1) is 0 Å². The van der Waals surface area contributed by atoms with Crippen molar-refractivity contribution >= 4 is 38.9 Å². The zero-order chi connectivity index (χ0) is 8.74. The Bertz CT molecular complexity index is 137. The zero-order valence-electron chi connectivity index (χ0n) is 6.56. The highest BCUT2D eigenvalue weighted by Crippen LogP contribution is 2.67. The molecular formula is C6H13Cl2OPS. The SMILES string of the molecule is CCCCCCSP(=O)(Cl)Cl. The van der Waals surface area contributed by atoms with Crippen molar-refractivity contribution in [3.8, 4) is 0 Å². The normalized spacial score (nSPS) is 11.9. The first-order valence-electron chi connectivity index (χ1n) is 3.70. The largest absolute Gasteiger partial charge is 0.307 e. The summed E-state index contributed by atoms with van der Waals surface area (Å²) in [5, 5.41) is -2.85. The summed E-state index contributed by atoms with van der Waals surface area (Å²) in [5.74, 6) is 0.810. The van der Waals surface area contributed by atoms with Crippen molar-refractivity contribution < 1.29 is 4.57 Å². The van der Waals surface area contributed by atoms with Crippen LogP contribution in [0.15, 0.2) is 0 Å². The van der Waals surface area contributed by atoms with Crippen molar-refractivity contribution in [2.75, 3.05) is 5.75 Å². The molecule has 0 radical (unpaired) electrons. The molecule has 0 fully saturated rings. The quantitative estimate of drug-likeness (QED) is 0.481. The van der Waals surface area contributed by atoms with Crippen molar-refractivity contribution in [1.29, 1.82) is 0 Å². The molecule has 1 nitrogen and oxygen atoms in total. The molecule has 0 aromatic heterocycles. The highest BCUT2D eigenvalue weighted by molar-refractivity contribution is 8.72. The van der Waals surface area contributed by atoms with E-state index in [9.17, 15) is 4.57 Å². The van der Waals surface area contributed by atoms with Crippen LogP contribution in [-0.4, -0.2) is 5.75 Å². The third-order valence-corrected chi connectivity index (χ3v) is 5.22. The van der Waals surface area contributed by atoms with Gasteiger partial charge in [0.15, 0.2) is 0 Å². The van der Waals surface area contributed by atoms with Gasteiger partial charge in [0.25, 0.3) is 0 Å². The Kier molecular flexibility index (Phi) is 7.35. The fraction of sp³-hybridized carbons (Fsp3) is 1.00. The van der Waals surface area contributed by atoms with E-state index >= 15 is 0 Å². The molecule has 0 unspecified atom stereocenters.